The van der Waals surface area contributed by atoms with Crippen molar-refractivity contribution >= 4 is 17.6 Å². The minimum absolute atomic E-state index is 0.228. The molecule has 2 N–H and O–H groups in total. The molecule has 1 saturated carbocycles. The van der Waals surface area contributed by atoms with E-state index in [1.807, 2.05) is 13.0 Å². The van der Waals surface area contributed by atoms with Gasteiger partial charge in [-0.05, 0) is 31.9 Å². The standard InChI is InChI=1S/C18H25NO5/c1-2-23-10-11-24-14-7-5-6-13(12-14)19-17(20)15-8-3-4-9-16(15)18(21)22/h5-7,12,15-16H,2-4,8-11H2,1H3,(H,19,20)(H,21,22). The molecule has 2 atom stereocenters. The Morgan fingerprint density at radius 3 is 2.67 bits per heavy atom. The number of hydrogen-bond acceptors (Lipinski definition) is 4. The normalized spacial score (nSPS) is 20.4. The van der Waals surface area contributed by atoms with Crippen LogP contribution in [0.3, 0.4) is 0 Å². The van der Waals surface area contributed by atoms with Gasteiger partial charge >= 0.3 is 5.97 Å². The number of carbonyl (C=O) groups is 2. The maximum absolute atomic E-state index is 12.5. The van der Waals surface area contributed by atoms with Gasteiger partial charge in [0.2, 0.25) is 5.91 Å². The molecule has 0 heterocycles. The van der Waals surface area contributed by atoms with Gasteiger partial charge in [0.1, 0.15) is 12.4 Å². The monoisotopic (exact) mass is 335 g/mol. The number of carboxylic acid groups (broad SMARTS) is 1. The summed E-state index contributed by atoms with van der Waals surface area (Å²) in [4.78, 5) is 23.8. The zero-order valence-electron chi connectivity index (χ0n) is 14.0. The van der Waals surface area contributed by atoms with E-state index < -0.39 is 17.8 Å². The zero-order chi connectivity index (χ0) is 17.4. The highest BCUT2D eigenvalue weighted by Gasteiger charge is 2.35. The van der Waals surface area contributed by atoms with E-state index in [0.29, 0.717) is 44.1 Å². The summed E-state index contributed by atoms with van der Waals surface area (Å²) in [5.41, 5.74) is 0.614. The number of rotatable bonds is 8. The van der Waals surface area contributed by atoms with Gasteiger partial charge in [0.25, 0.3) is 0 Å². The van der Waals surface area contributed by atoms with Crippen molar-refractivity contribution in [3.8, 4) is 5.75 Å². The average Bonchev–Trinajstić information content (AvgIpc) is 2.59. The minimum Gasteiger partial charge on any atom is -0.491 e. The summed E-state index contributed by atoms with van der Waals surface area (Å²) in [7, 11) is 0. The molecule has 0 spiro atoms. The van der Waals surface area contributed by atoms with Gasteiger partial charge in [0.15, 0.2) is 0 Å². The van der Waals surface area contributed by atoms with E-state index in [9.17, 15) is 14.7 Å². The van der Waals surface area contributed by atoms with Crippen LogP contribution < -0.4 is 10.1 Å². The number of ether oxygens (including phenoxy) is 2. The molecular weight excluding hydrogens is 310 g/mol. The number of aliphatic carboxylic acids is 1. The summed E-state index contributed by atoms with van der Waals surface area (Å²) in [6.45, 7) is 3.52. The predicted molar refractivity (Wildman–Crippen MR) is 90.1 cm³/mol. The highest BCUT2D eigenvalue weighted by molar-refractivity contribution is 5.95. The van der Waals surface area contributed by atoms with Gasteiger partial charge in [0.05, 0.1) is 18.4 Å². The Labute approximate surface area is 142 Å². The molecule has 1 aliphatic rings. The second-order valence-electron chi connectivity index (χ2n) is 5.90. The molecule has 1 aliphatic carbocycles. The van der Waals surface area contributed by atoms with Crippen LogP contribution in [0.1, 0.15) is 32.6 Å². The summed E-state index contributed by atoms with van der Waals surface area (Å²) in [6.07, 6.45) is 2.94. The van der Waals surface area contributed by atoms with Gasteiger partial charge in [-0.3, -0.25) is 9.59 Å². The van der Waals surface area contributed by atoms with Crippen LogP contribution in [0.5, 0.6) is 5.75 Å². The van der Waals surface area contributed by atoms with Crippen molar-refractivity contribution in [1.82, 2.24) is 0 Å². The average molecular weight is 335 g/mol. The molecule has 1 aromatic rings. The van der Waals surface area contributed by atoms with Gasteiger partial charge in [0, 0.05) is 18.4 Å². The van der Waals surface area contributed by atoms with Crippen LogP contribution in [0.25, 0.3) is 0 Å². The topological polar surface area (TPSA) is 84.9 Å². The molecule has 24 heavy (non-hydrogen) atoms. The van der Waals surface area contributed by atoms with Gasteiger partial charge in [-0.15, -0.1) is 0 Å². The van der Waals surface area contributed by atoms with E-state index in [2.05, 4.69) is 5.32 Å². The number of amides is 1. The van der Waals surface area contributed by atoms with Crippen molar-refractivity contribution in [2.75, 3.05) is 25.1 Å². The summed E-state index contributed by atoms with van der Waals surface area (Å²) < 4.78 is 10.8. The third-order valence-corrected chi connectivity index (χ3v) is 4.22. The number of nitrogens with one attached hydrogen (secondary N) is 1. The molecule has 0 bridgehead atoms. The molecule has 2 rings (SSSR count). The fourth-order valence-corrected chi connectivity index (χ4v) is 3.00. The van der Waals surface area contributed by atoms with Crippen LogP contribution in [0, 0.1) is 11.8 Å². The molecule has 1 amide bonds. The van der Waals surface area contributed by atoms with Crippen molar-refractivity contribution in [1.29, 1.82) is 0 Å². The lowest BCUT2D eigenvalue weighted by molar-refractivity contribution is -0.147. The van der Waals surface area contributed by atoms with E-state index in [0.717, 1.165) is 12.8 Å². The molecule has 2 unspecified atom stereocenters. The largest absolute Gasteiger partial charge is 0.491 e. The lowest BCUT2D eigenvalue weighted by Gasteiger charge is -2.27. The molecule has 132 valence electrons. The number of benzene rings is 1. The van der Waals surface area contributed by atoms with Gasteiger partial charge in [-0.1, -0.05) is 18.9 Å². The van der Waals surface area contributed by atoms with Crippen LogP contribution in [-0.2, 0) is 14.3 Å². The second kappa shape index (κ2) is 9.27. The number of carboxylic acids is 1. The molecule has 0 saturated heterocycles. The lowest BCUT2D eigenvalue weighted by Crippen LogP contribution is -2.36. The van der Waals surface area contributed by atoms with Crippen LogP contribution >= 0.6 is 0 Å². The summed E-state index contributed by atoms with van der Waals surface area (Å²) in [6, 6.07) is 7.11. The van der Waals surface area contributed by atoms with Crippen LogP contribution in [0.15, 0.2) is 24.3 Å². The Kier molecular flexibility index (Phi) is 7.06. The van der Waals surface area contributed by atoms with E-state index in [1.165, 1.54) is 0 Å². The van der Waals surface area contributed by atoms with Gasteiger partial charge in [-0.25, -0.2) is 0 Å². The molecule has 6 nitrogen and oxygen atoms in total. The third kappa shape index (κ3) is 5.23. The predicted octanol–water partition coefficient (Wildman–Crippen LogP) is 2.93. The first-order chi connectivity index (χ1) is 11.6. The fraction of sp³-hybridized carbons (Fsp3) is 0.556. The first-order valence-electron chi connectivity index (χ1n) is 8.46. The quantitative estimate of drug-likeness (QED) is 0.714. The number of hydrogen-bond donors (Lipinski definition) is 2. The highest BCUT2D eigenvalue weighted by atomic mass is 16.5. The van der Waals surface area contributed by atoms with Crippen LogP contribution in [-0.4, -0.2) is 36.8 Å². The maximum atomic E-state index is 12.5. The third-order valence-electron chi connectivity index (χ3n) is 4.22. The SMILES string of the molecule is CCOCCOc1cccc(NC(=O)C2CCCCC2C(=O)O)c1. The first-order valence-corrected chi connectivity index (χ1v) is 8.46. The van der Waals surface area contributed by atoms with Crippen LogP contribution in [0.4, 0.5) is 5.69 Å². The van der Waals surface area contributed by atoms with E-state index in [-0.39, 0.29) is 5.91 Å². The Bertz CT molecular complexity index is 560. The lowest BCUT2D eigenvalue weighted by atomic mass is 9.78. The molecular formula is C18H25NO5. The van der Waals surface area contributed by atoms with Crippen molar-refractivity contribution in [2.45, 2.75) is 32.6 Å². The molecule has 6 heteroatoms. The number of anilines is 1. The zero-order valence-corrected chi connectivity index (χ0v) is 14.0. The molecule has 1 aromatic carbocycles. The van der Waals surface area contributed by atoms with Crippen molar-refractivity contribution in [2.24, 2.45) is 11.8 Å². The van der Waals surface area contributed by atoms with Gasteiger partial charge < -0.3 is 19.9 Å². The summed E-state index contributed by atoms with van der Waals surface area (Å²) in [5, 5.41) is 12.1. The van der Waals surface area contributed by atoms with Crippen molar-refractivity contribution in [3.63, 3.8) is 0 Å². The Morgan fingerprint density at radius 1 is 1.21 bits per heavy atom. The molecule has 0 aliphatic heterocycles. The Balaban J connectivity index is 1.94. The maximum Gasteiger partial charge on any atom is 0.307 e. The van der Waals surface area contributed by atoms with Crippen LogP contribution in [0.2, 0.25) is 0 Å². The highest BCUT2D eigenvalue weighted by Crippen LogP contribution is 2.31. The molecule has 0 radical (unpaired) electrons. The summed E-state index contributed by atoms with van der Waals surface area (Å²) >= 11 is 0. The molecule has 0 aromatic heterocycles. The van der Waals surface area contributed by atoms with E-state index in [1.54, 1.807) is 18.2 Å². The minimum atomic E-state index is -0.886. The van der Waals surface area contributed by atoms with E-state index >= 15 is 0 Å². The smallest absolute Gasteiger partial charge is 0.307 e. The Hall–Kier alpha value is -2.08. The van der Waals surface area contributed by atoms with Crippen molar-refractivity contribution < 1.29 is 24.2 Å². The molecule has 1 fully saturated rings. The number of carbonyl (C=O) groups excluding carboxylic acids is 1. The summed E-state index contributed by atoms with van der Waals surface area (Å²) in [5.74, 6) is -1.54. The van der Waals surface area contributed by atoms with E-state index in [4.69, 9.17) is 9.47 Å². The fourth-order valence-electron chi connectivity index (χ4n) is 3.00. The van der Waals surface area contributed by atoms with Gasteiger partial charge in [-0.2, -0.15) is 0 Å². The van der Waals surface area contributed by atoms with Crippen molar-refractivity contribution in [3.05, 3.63) is 24.3 Å². The first kappa shape index (κ1) is 18.3. The Morgan fingerprint density at radius 2 is 1.96 bits per heavy atom. The second-order valence-corrected chi connectivity index (χ2v) is 5.90.